The highest BCUT2D eigenvalue weighted by Gasteiger charge is 2.43. The van der Waals surface area contributed by atoms with Gasteiger partial charge in [0.15, 0.2) is 6.61 Å². The number of hydrogen-bond donors (Lipinski definition) is 1. The molecular formula is C24H26N2O5. The van der Waals surface area contributed by atoms with Crippen molar-refractivity contribution in [2.75, 3.05) is 6.61 Å². The topological polar surface area (TPSA) is 92.8 Å². The third-order valence-corrected chi connectivity index (χ3v) is 5.13. The second kappa shape index (κ2) is 9.55. The second-order valence-electron chi connectivity index (χ2n) is 7.98. The summed E-state index contributed by atoms with van der Waals surface area (Å²) in [5.41, 5.74) is 1.46. The van der Waals surface area contributed by atoms with E-state index in [2.05, 4.69) is 5.32 Å². The molecule has 7 heteroatoms. The van der Waals surface area contributed by atoms with Crippen LogP contribution in [0.2, 0.25) is 0 Å². The number of imide groups is 1. The molecule has 162 valence electrons. The molecule has 1 aliphatic heterocycles. The third kappa shape index (κ3) is 4.99. The average Bonchev–Trinajstić information content (AvgIpc) is 3.01. The van der Waals surface area contributed by atoms with Gasteiger partial charge < -0.3 is 10.1 Å². The molecule has 0 unspecified atom stereocenters. The Labute approximate surface area is 181 Å². The van der Waals surface area contributed by atoms with Crippen molar-refractivity contribution in [3.8, 4) is 0 Å². The zero-order valence-electron chi connectivity index (χ0n) is 17.8. The smallest absolute Gasteiger partial charge is 0.329 e. The number of benzene rings is 2. The fourth-order valence-corrected chi connectivity index (χ4v) is 3.59. The minimum Gasteiger partial charge on any atom is -0.454 e. The summed E-state index contributed by atoms with van der Waals surface area (Å²) in [5, 5.41) is 2.77. The summed E-state index contributed by atoms with van der Waals surface area (Å²) in [6.07, 6.45) is 0.242. The van der Waals surface area contributed by atoms with Gasteiger partial charge in [-0.25, -0.2) is 4.79 Å². The van der Waals surface area contributed by atoms with Crippen LogP contribution in [0.4, 0.5) is 0 Å². The molecule has 0 saturated carbocycles. The van der Waals surface area contributed by atoms with Crippen molar-refractivity contribution in [1.82, 2.24) is 10.2 Å². The van der Waals surface area contributed by atoms with Crippen LogP contribution >= 0.6 is 0 Å². The lowest BCUT2D eigenvalue weighted by Crippen LogP contribution is -2.47. The normalized spacial score (nSPS) is 14.9. The minimum absolute atomic E-state index is 0.0220. The number of esters is 1. The number of carbonyl (C=O) groups is 4. The van der Waals surface area contributed by atoms with Crippen LogP contribution in [0.3, 0.4) is 0 Å². The highest BCUT2D eigenvalue weighted by molar-refractivity contribution is 6.22. The van der Waals surface area contributed by atoms with Gasteiger partial charge in [-0.3, -0.25) is 19.3 Å². The van der Waals surface area contributed by atoms with E-state index < -0.39 is 36.3 Å². The number of rotatable bonds is 8. The van der Waals surface area contributed by atoms with Gasteiger partial charge in [-0.05, 0) is 37.0 Å². The summed E-state index contributed by atoms with van der Waals surface area (Å²) in [7, 11) is 0. The van der Waals surface area contributed by atoms with Crippen molar-refractivity contribution in [1.29, 1.82) is 0 Å². The molecule has 0 aliphatic carbocycles. The quantitative estimate of drug-likeness (QED) is 0.521. The van der Waals surface area contributed by atoms with Crippen molar-refractivity contribution >= 4 is 23.7 Å². The molecule has 1 heterocycles. The van der Waals surface area contributed by atoms with Crippen LogP contribution in [0, 0.1) is 5.92 Å². The van der Waals surface area contributed by atoms with Crippen LogP contribution in [0.25, 0.3) is 0 Å². The van der Waals surface area contributed by atoms with E-state index in [9.17, 15) is 19.2 Å². The maximum Gasteiger partial charge on any atom is 0.329 e. The lowest BCUT2D eigenvalue weighted by Gasteiger charge is -2.26. The molecule has 0 aromatic heterocycles. The van der Waals surface area contributed by atoms with E-state index in [0.29, 0.717) is 0 Å². The zero-order chi connectivity index (χ0) is 22.5. The molecule has 2 aromatic carbocycles. The van der Waals surface area contributed by atoms with Crippen LogP contribution < -0.4 is 5.32 Å². The van der Waals surface area contributed by atoms with Gasteiger partial charge in [0.1, 0.15) is 6.04 Å². The summed E-state index contributed by atoms with van der Waals surface area (Å²) < 4.78 is 5.21. The number of nitrogens with one attached hydrogen (secondary N) is 1. The van der Waals surface area contributed by atoms with Crippen molar-refractivity contribution in [2.24, 2.45) is 5.92 Å². The first-order valence-electron chi connectivity index (χ1n) is 10.3. The Balaban J connectivity index is 1.66. The maximum atomic E-state index is 12.8. The molecule has 0 bridgehead atoms. The number of nitrogens with zero attached hydrogens (tertiary/aromatic N) is 1. The number of ether oxygens (including phenoxy) is 1. The minimum atomic E-state index is -1.09. The molecule has 2 atom stereocenters. The summed E-state index contributed by atoms with van der Waals surface area (Å²) in [6, 6.07) is 14.5. The molecule has 0 saturated heterocycles. The van der Waals surface area contributed by atoms with E-state index in [0.717, 1.165) is 10.5 Å². The molecule has 0 radical (unpaired) electrons. The molecule has 0 fully saturated rings. The molecule has 1 N–H and O–H groups in total. The highest BCUT2D eigenvalue weighted by atomic mass is 16.5. The van der Waals surface area contributed by atoms with Crippen LogP contribution in [0.5, 0.6) is 0 Å². The van der Waals surface area contributed by atoms with Gasteiger partial charge in [0.25, 0.3) is 17.7 Å². The molecule has 31 heavy (non-hydrogen) atoms. The first-order chi connectivity index (χ1) is 14.8. The Bertz CT molecular complexity index is 951. The monoisotopic (exact) mass is 422 g/mol. The molecule has 3 amide bonds. The average molecular weight is 422 g/mol. The summed E-state index contributed by atoms with van der Waals surface area (Å²) >= 11 is 0. The van der Waals surface area contributed by atoms with E-state index in [4.69, 9.17) is 4.74 Å². The summed E-state index contributed by atoms with van der Waals surface area (Å²) in [4.78, 5) is 51.6. The molecular weight excluding hydrogens is 396 g/mol. The van der Waals surface area contributed by atoms with Crippen LogP contribution in [-0.2, 0) is 14.3 Å². The summed E-state index contributed by atoms with van der Waals surface area (Å²) in [5.74, 6) is -2.26. The Morgan fingerprint density at radius 2 is 1.45 bits per heavy atom. The maximum absolute atomic E-state index is 12.8. The number of amides is 3. The number of fused-ring (bicyclic) bond motifs is 1. The van der Waals surface area contributed by atoms with Crippen LogP contribution in [0.1, 0.15) is 59.5 Å². The van der Waals surface area contributed by atoms with E-state index in [1.807, 2.05) is 51.1 Å². The Morgan fingerprint density at radius 3 is 2.00 bits per heavy atom. The van der Waals surface area contributed by atoms with E-state index in [1.165, 1.54) is 0 Å². The first kappa shape index (κ1) is 22.2. The standard InChI is InChI=1S/C24H26N2O5/c1-15(2)13-20(26-22(28)18-11-7-8-12-19(18)23(26)29)24(30)31-14-21(27)25-16(3)17-9-5-4-6-10-17/h4-12,15-16,20H,13-14H2,1-3H3,(H,25,27)/t16-,20+/m0/s1. The predicted octanol–water partition coefficient (Wildman–Crippen LogP) is 3.12. The molecule has 0 spiro atoms. The van der Waals surface area contributed by atoms with E-state index in [-0.39, 0.29) is 29.5 Å². The zero-order valence-corrected chi connectivity index (χ0v) is 17.8. The van der Waals surface area contributed by atoms with Gasteiger partial charge in [-0.15, -0.1) is 0 Å². The van der Waals surface area contributed by atoms with E-state index >= 15 is 0 Å². The Morgan fingerprint density at radius 1 is 0.903 bits per heavy atom. The van der Waals surface area contributed by atoms with Gasteiger partial charge in [-0.2, -0.15) is 0 Å². The van der Waals surface area contributed by atoms with Crippen LogP contribution in [-0.4, -0.2) is 41.2 Å². The van der Waals surface area contributed by atoms with Gasteiger partial charge in [0, 0.05) is 0 Å². The van der Waals surface area contributed by atoms with Gasteiger partial charge in [0.05, 0.1) is 17.2 Å². The predicted molar refractivity (Wildman–Crippen MR) is 114 cm³/mol. The summed E-state index contributed by atoms with van der Waals surface area (Å²) in [6.45, 7) is 5.10. The van der Waals surface area contributed by atoms with Gasteiger partial charge in [-0.1, -0.05) is 56.3 Å². The van der Waals surface area contributed by atoms with Crippen LogP contribution in [0.15, 0.2) is 54.6 Å². The first-order valence-corrected chi connectivity index (χ1v) is 10.3. The molecule has 2 aromatic rings. The number of hydrogen-bond acceptors (Lipinski definition) is 5. The van der Waals surface area contributed by atoms with Gasteiger partial charge in [0.2, 0.25) is 0 Å². The third-order valence-electron chi connectivity index (χ3n) is 5.13. The largest absolute Gasteiger partial charge is 0.454 e. The fraction of sp³-hybridized carbons (Fsp3) is 0.333. The second-order valence-corrected chi connectivity index (χ2v) is 7.98. The van der Waals surface area contributed by atoms with Crippen molar-refractivity contribution in [3.05, 3.63) is 71.3 Å². The van der Waals surface area contributed by atoms with Gasteiger partial charge >= 0.3 is 5.97 Å². The SMILES string of the molecule is CC(C)C[C@H](C(=O)OCC(=O)N[C@@H](C)c1ccccc1)N1C(=O)c2ccccc2C1=O. The van der Waals surface area contributed by atoms with Crippen molar-refractivity contribution in [3.63, 3.8) is 0 Å². The lowest BCUT2D eigenvalue weighted by atomic mass is 10.0. The highest BCUT2D eigenvalue weighted by Crippen LogP contribution is 2.27. The Kier molecular flexibility index (Phi) is 6.84. The molecule has 3 rings (SSSR count). The Hall–Kier alpha value is -3.48. The molecule has 7 nitrogen and oxygen atoms in total. The van der Waals surface area contributed by atoms with Crippen molar-refractivity contribution in [2.45, 2.75) is 39.3 Å². The molecule has 1 aliphatic rings. The fourth-order valence-electron chi connectivity index (χ4n) is 3.59. The van der Waals surface area contributed by atoms with Crippen molar-refractivity contribution < 1.29 is 23.9 Å². The number of carbonyl (C=O) groups excluding carboxylic acids is 4. The van der Waals surface area contributed by atoms with E-state index in [1.54, 1.807) is 24.3 Å². The lowest BCUT2D eigenvalue weighted by molar-refractivity contribution is -0.153.